The zero-order chi connectivity index (χ0) is 27.0. The molecule has 3 unspecified atom stereocenters. The Bertz CT molecular complexity index is 1250. The first-order valence-electron chi connectivity index (χ1n) is 14.1. The van der Waals surface area contributed by atoms with Crippen LogP contribution >= 0.6 is 0 Å². The molecule has 2 aliphatic rings. The average molecular weight is 532 g/mol. The van der Waals surface area contributed by atoms with Gasteiger partial charge in [-0.3, -0.25) is 4.79 Å². The van der Waals surface area contributed by atoms with E-state index >= 15 is 0 Å². The molecule has 9 nitrogen and oxygen atoms in total. The molecule has 2 fully saturated rings. The van der Waals surface area contributed by atoms with Crippen molar-refractivity contribution in [1.82, 2.24) is 20.4 Å². The molecule has 2 aromatic carbocycles. The minimum atomic E-state index is -0.356. The van der Waals surface area contributed by atoms with Crippen LogP contribution in [0.25, 0.3) is 0 Å². The van der Waals surface area contributed by atoms with Crippen molar-refractivity contribution in [1.29, 1.82) is 0 Å². The number of urea groups is 1. The van der Waals surface area contributed by atoms with E-state index in [9.17, 15) is 9.59 Å². The Morgan fingerprint density at radius 1 is 1.08 bits per heavy atom. The number of benzene rings is 2. The smallest absolute Gasteiger partial charge is 0.322 e. The van der Waals surface area contributed by atoms with Gasteiger partial charge in [-0.25, -0.2) is 4.79 Å². The molecule has 3 amide bonds. The lowest BCUT2D eigenvalue weighted by molar-refractivity contribution is -0.126. The molecule has 206 valence electrons. The second-order valence-electron chi connectivity index (χ2n) is 10.3. The number of hydrogen-bond donors (Lipinski definition) is 2. The molecule has 9 heteroatoms. The van der Waals surface area contributed by atoms with Gasteiger partial charge in [0, 0.05) is 31.5 Å². The molecule has 1 saturated carbocycles. The molecule has 3 aromatic rings. The Hall–Kier alpha value is -3.88. The summed E-state index contributed by atoms with van der Waals surface area (Å²) >= 11 is 0. The standard InChI is InChI=1S/C30H37N5O4/c1-2-38-26-15-9-8-14-24(26)32-30(37)35-17-11-4-3-10-16-31-28(36)23-19-22(20-25(23)35)29-33-27(34-39-29)18-21-12-6-5-7-13-21/h5-9,12-15,22-23,25H,2-4,10-11,16-20H2,1H3,(H,31,36)(H,32,37). The molecule has 0 bridgehead atoms. The van der Waals surface area contributed by atoms with Gasteiger partial charge in [0.2, 0.25) is 11.8 Å². The highest BCUT2D eigenvalue weighted by molar-refractivity contribution is 5.92. The first-order chi connectivity index (χ1) is 19.1. The van der Waals surface area contributed by atoms with E-state index in [2.05, 4.69) is 15.8 Å². The lowest BCUT2D eigenvalue weighted by atomic mass is 10.0. The summed E-state index contributed by atoms with van der Waals surface area (Å²) in [5.41, 5.74) is 1.73. The van der Waals surface area contributed by atoms with Crippen LogP contribution in [0.3, 0.4) is 0 Å². The Kier molecular flexibility index (Phi) is 8.75. The van der Waals surface area contributed by atoms with Crippen molar-refractivity contribution in [3.8, 4) is 5.75 Å². The van der Waals surface area contributed by atoms with Gasteiger partial charge in [0.15, 0.2) is 5.82 Å². The maximum atomic E-state index is 13.7. The number of hydrogen-bond acceptors (Lipinski definition) is 6. The Morgan fingerprint density at radius 3 is 2.72 bits per heavy atom. The predicted octanol–water partition coefficient (Wildman–Crippen LogP) is 5.15. The number of rotatable bonds is 6. The lowest BCUT2D eigenvalue weighted by Gasteiger charge is -2.32. The van der Waals surface area contributed by atoms with Crippen LogP contribution in [0.15, 0.2) is 59.1 Å². The van der Waals surface area contributed by atoms with Crippen LogP contribution in [0.2, 0.25) is 0 Å². The third-order valence-corrected chi connectivity index (χ3v) is 7.62. The van der Waals surface area contributed by atoms with E-state index in [0.717, 1.165) is 31.2 Å². The number of para-hydroxylation sites is 2. The molecule has 0 radical (unpaired) electrons. The number of nitrogens with zero attached hydrogens (tertiary/aromatic N) is 3. The fraction of sp³-hybridized carbons (Fsp3) is 0.467. The summed E-state index contributed by atoms with van der Waals surface area (Å²) in [6.45, 7) is 3.64. The molecule has 2 heterocycles. The van der Waals surface area contributed by atoms with E-state index in [1.54, 1.807) is 0 Å². The summed E-state index contributed by atoms with van der Waals surface area (Å²) in [6.07, 6.45) is 5.57. The number of fused-ring (bicyclic) bond motifs is 1. The van der Waals surface area contributed by atoms with Crippen molar-refractivity contribution >= 4 is 17.6 Å². The predicted molar refractivity (Wildman–Crippen MR) is 148 cm³/mol. The van der Waals surface area contributed by atoms with Crippen LogP contribution in [-0.2, 0) is 11.2 Å². The van der Waals surface area contributed by atoms with Gasteiger partial charge < -0.3 is 24.8 Å². The van der Waals surface area contributed by atoms with E-state index in [1.165, 1.54) is 0 Å². The highest BCUT2D eigenvalue weighted by Gasteiger charge is 2.45. The van der Waals surface area contributed by atoms with E-state index < -0.39 is 0 Å². The van der Waals surface area contributed by atoms with E-state index in [4.69, 9.17) is 14.2 Å². The average Bonchev–Trinajstić information content (AvgIpc) is 3.59. The van der Waals surface area contributed by atoms with Gasteiger partial charge in [0.25, 0.3) is 0 Å². The summed E-state index contributed by atoms with van der Waals surface area (Å²) in [7, 11) is 0. The van der Waals surface area contributed by atoms with Crippen LogP contribution in [-0.4, -0.2) is 52.7 Å². The minimum absolute atomic E-state index is 0.0130. The lowest BCUT2D eigenvalue weighted by Crippen LogP contribution is -2.48. The molecule has 1 aromatic heterocycles. The van der Waals surface area contributed by atoms with Crippen molar-refractivity contribution in [3.05, 3.63) is 71.9 Å². The highest BCUT2D eigenvalue weighted by Crippen LogP contribution is 2.41. The Labute approximate surface area is 229 Å². The van der Waals surface area contributed by atoms with Crippen LogP contribution in [0.5, 0.6) is 5.75 Å². The molecule has 3 atom stereocenters. The molecule has 39 heavy (non-hydrogen) atoms. The number of ether oxygens (including phenoxy) is 1. The van der Waals surface area contributed by atoms with Gasteiger partial charge in [-0.05, 0) is 50.3 Å². The summed E-state index contributed by atoms with van der Waals surface area (Å²) < 4.78 is 11.4. The second kappa shape index (κ2) is 12.8. The third kappa shape index (κ3) is 6.58. The Morgan fingerprint density at radius 2 is 1.87 bits per heavy atom. The summed E-state index contributed by atoms with van der Waals surface area (Å²) in [6, 6.07) is 17.0. The second-order valence-corrected chi connectivity index (χ2v) is 10.3. The molecule has 5 rings (SSSR count). The fourth-order valence-corrected chi connectivity index (χ4v) is 5.69. The third-order valence-electron chi connectivity index (χ3n) is 7.62. The molecule has 1 aliphatic carbocycles. The minimum Gasteiger partial charge on any atom is -0.492 e. The monoisotopic (exact) mass is 531 g/mol. The number of amides is 3. The maximum absolute atomic E-state index is 13.7. The molecule has 0 spiro atoms. The highest BCUT2D eigenvalue weighted by atomic mass is 16.5. The number of anilines is 1. The first-order valence-corrected chi connectivity index (χ1v) is 14.1. The van der Waals surface area contributed by atoms with E-state index in [1.807, 2.05) is 66.4 Å². The summed E-state index contributed by atoms with van der Waals surface area (Å²) in [5, 5.41) is 10.4. The summed E-state index contributed by atoms with van der Waals surface area (Å²) in [5.74, 6) is 1.32. The number of carbonyl (C=O) groups excluding carboxylic acids is 2. The van der Waals surface area contributed by atoms with Crippen LogP contribution < -0.4 is 15.4 Å². The molecule has 2 N–H and O–H groups in total. The molecular weight excluding hydrogens is 494 g/mol. The van der Waals surface area contributed by atoms with Crippen molar-refractivity contribution in [2.24, 2.45) is 5.92 Å². The summed E-state index contributed by atoms with van der Waals surface area (Å²) in [4.78, 5) is 33.6. The SMILES string of the molecule is CCOc1ccccc1NC(=O)N1CCCCCCNC(=O)C2CC(c3nc(Cc4ccccc4)no3)CC21. The first kappa shape index (κ1) is 26.7. The molecule has 1 aliphatic heterocycles. The number of nitrogens with one attached hydrogen (secondary N) is 2. The number of aromatic nitrogens is 2. The van der Waals surface area contributed by atoms with Crippen molar-refractivity contribution in [3.63, 3.8) is 0 Å². The van der Waals surface area contributed by atoms with E-state index in [0.29, 0.717) is 62.1 Å². The van der Waals surface area contributed by atoms with Gasteiger partial charge in [0.1, 0.15) is 5.75 Å². The largest absolute Gasteiger partial charge is 0.492 e. The zero-order valence-electron chi connectivity index (χ0n) is 22.5. The zero-order valence-corrected chi connectivity index (χ0v) is 22.5. The van der Waals surface area contributed by atoms with Gasteiger partial charge in [-0.1, -0.05) is 60.5 Å². The Balaban J connectivity index is 1.37. The molecular formula is C30H37N5O4. The van der Waals surface area contributed by atoms with Crippen molar-refractivity contribution in [2.75, 3.05) is 25.0 Å². The topological polar surface area (TPSA) is 110 Å². The van der Waals surface area contributed by atoms with Gasteiger partial charge >= 0.3 is 6.03 Å². The van der Waals surface area contributed by atoms with Crippen LogP contribution in [0, 0.1) is 5.92 Å². The van der Waals surface area contributed by atoms with Crippen LogP contribution in [0.1, 0.15) is 68.6 Å². The van der Waals surface area contributed by atoms with Gasteiger partial charge in [0.05, 0.1) is 18.2 Å². The quantitative estimate of drug-likeness (QED) is 0.456. The van der Waals surface area contributed by atoms with Crippen molar-refractivity contribution < 1.29 is 18.8 Å². The number of carbonyl (C=O) groups is 2. The fourth-order valence-electron chi connectivity index (χ4n) is 5.69. The van der Waals surface area contributed by atoms with Gasteiger partial charge in [-0.15, -0.1) is 0 Å². The van der Waals surface area contributed by atoms with Crippen LogP contribution in [0.4, 0.5) is 10.5 Å². The van der Waals surface area contributed by atoms with Crippen molar-refractivity contribution in [2.45, 2.75) is 63.8 Å². The molecule has 1 saturated heterocycles. The van der Waals surface area contributed by atoms with Gasteiger partial charge in [-0.2, -0.15) is 4.98 Å². The normalized spacial score (nSPS) is 21.9. The maximum Gasteiger partial charge on any atom is 0.322 e. The van der Waals surface area contributed by atoms with E-state index in [-0.39, 0.29) is 29.8 Å².